The van der Waals surface area contributed by atoms with Crippen LogP contribution in [0.5, 0.6) is 5.75 Å². The molecule has 2 aliphatic heterocycles. The Bertz CT molecular complexity index is 1160. The molecule has 0 amide bonds. The number of rotatable bonds is 4. The minimum atomic E-state index is -1.76. The molecule has 5 rings (SSSR count). The van der Waals surface area contributed by atoms with E-state index in [9.17, 15) is 14.0 Å². The van der Waals surface area contributed by atoms with Gasteiger partial charge in [-0.15, -0.1) is 12.4 Å². The number of pyridine rings is 1. The average molecular weight is 476 g/mol. The zero-order valence-corrected chi connectivity index (χ0v) is 17.5. The molecule has 0 bridgehead atoms. The Hall–Kier alpha value is -2.50. The van der Waals surface area contributed by atoms with Gasteiger partial charge in [-0.1, -0.05) is 0 Å². The molecule has 1 saturated carbocycles. The van der Waals surface area contributed by atoms with Gasteiger partial charge in [0.2, 0.25) is 5.43 Å². The van der Waals surface area contributed by atoms with Crippen molar-refractivity contribution in [1.82, 2.24) is 4.57 Å². The predicted octanol–water partition coefficient (Wildman–Crippen LogP) is 2.60. The maximum Gasteiger partial charge on any atom is 0.511 e. The Morgan fingerprint density at radius 3 is 2.72 bits per heavy atom. The number of ether oxygens (including phenoxy) is 2. The van der Waals surface area contributed by atoms with E-state index in [1.54, 1.807) is 0 Å². The second-order valence-corrected chi connectivity index (χ2v) is 8.32. The minimum Gasteiger partial charge on any atom is -0.449 e. The minimum absolute atomic E-state index is 0. The summed E-state index contributed by atoms with van der Waals surface area (Å²) in [4.78, 5) is 25.1. The molecular weight excluding hydrogens is 455 g/mol. The SMILES string of the molecule is Cl.NCC12CN(c3c(F)cc4c(=O)c(OC(=O)O)cn([C@@H]5C[C@@H]5F)c4c3F)CC1CCO2. The molecule has 3 aliphatic rings. The molecule has 1 aromatic heterocycles. The molecule has 174 valence electrons. The van der Waals surface area contributed by atoms with Gasteiger partial charge in [-0.25, -0.2) is 18.0 Å². The van der Waals surface area contributed by atoms with E-state index in [-0.39, 0.29) is 49.0 Å². The van der Waals surface area contributed by atoms with Crippen molar-refractivity contribution in [3.05, 3.63) is 34.1 Å². The largest absolute Gasteiger partial charge is 0.511 e. The number of hydrogen-bond donors (Lipinski definition) is 2. The Morgan fingerprint density at radius 2 is 2.12 bits per heavy atom. The molecule has 0 spiro atoms. The van der Waals surface area contributed by atoms with Crippen molar-refractivity contribution in [2.45, 2.75) is 30.7 Å². The topological polar surface area (TPSA) is 107 Å². The molecule has 2 saturated heterocycles. The quantitative estimate of drug-likeness (QED) is 0.654. The predicted molar refractivity (Wildman–Crippen MR) is 111 cm³/mol. The number of aromatic nitrogens is 1. The summed E-state index contributed by atoms with van der Waals surface area (Å²) in [5, 5.41) is 8.45. The van der Waals surface area contributed by atoms with Crippen LogP contribution in [0.4, 0.5) is 23.7 Å². The lowest BCUT2D eigenvalue weighted by molar-refractivity contribution is 0.0126. The van der Waals surface area contributed by atoms with Crippen LogP contribution >= 0.6 is 12.4 Å². The van der Waals surface area contributed by atoms with Gasteiger partial charge in [0.25, 0.3) is 0 Å². The number of fused-ring (bicyclic) bond motifs is 2. The zero-order valence-electron chi connectivity index (χ0n) is 16.7. The third kappa shape index (κ3) is 3.30. The Labute approximate surface area is 186 Å². The first-order valence-corrected chi connectivity index (χ1v) is 9.96. The van der Waals surface area contributed by atoms with E-state index < -0.39 is 52.2 Å². The fourth-order valence-electron chi connectivity index (χ4n) is 4.90. The molecule has 2 unspecified atom stereocenters. The Balaban J connectivity index is 0.00000245. The number of anilines is 1. The van der Waals surface area contributed by atoms with Gasteiger partial charge in [0.05, 0.1) is 23.1 Å². The first kappa shape index (κ1) is 22.7. The molecule has 1 aliphatic carbocycles. The molecule has 4 atom stereocenters. The summed E-state index contributed by atoms with van der Waals surface area (Å²) in [6.45, 7) is 1.25. The number of alkyl halides is 1. The van der Waals surface area contributed by atoms with Crippen molar-refractivity contribution in [3.8, 4) is 5.75 Å². The number of nitrogens with two attached hydrogens (primary N) is 1. The van der Waals surface area contributed by atoms with Crippen LogP contribution in [-0.2, 0) is 4.74 Å². The van der Waals surface area contributed by atoms with Gasteiger partial charge in [-0.3, -0.25) is 4.79 Å². The molecule has 2 aromatic rings. The highest BCUT2D eigenvalue weighted by molar-refractivity contribution is 5.86. The Morgan fingerprint density at radius 1 is 1.41 bits per heavy atom. The van der Waals surface area contributed by atoms with Crippen molar-refractivity contribution in [3.63, 3.8) is 0 Å². The van der Waals surface area contributed by atoms with Gasteiger partial charge in [0.15, 0.2) is 11.6 Å². The van der Waals surface area contributed by atoms with Crippen LogP contribution in [0.3, 0.4) is 0 Å². The maximum atomic E-state index is 15.7. The van der Waals surface area contributed by atoms with Crippen LogP contribution in [0.2, 0.25) is 0 Å². The summed E-state index contributed by atoms with van der Waals surface area (Å²) >= 11 is 0. The van der Waals surface area contributed by atoms with E-state index in [1.807, 2.05) is 0 Å². The summed E-state index contributed by atoms with van der Waals surface area (Å²) in [6, 6.07) is 0.0461. The molecule has 3 N–H and O–H groups in total. The maximum absolute atomic E-state index is 15.7. The van der Waals surface area contributed by atoms with Gasteiger partial charge < -0.3 is 29.8 Å². The van der Waals surface area contributed by atoms with Crippen molar-refractivity contribution >= 4 is 35.2 Å². The van der Waals surface area contributed by atoms with E-state index >= 15 is 8.78 Å². The highest BCUT2D eigenvalue weighted by Crippen LogP contribution is 2.45. The van der Waals surface area contributed by atoms with Crippen LogP contribution in [0.25, 0.3) is 10.9 Å². The third-order valence-electron chi connectivity index (χ3n) is 6.55. The molecule has 1 aromatic carbocycles. The zero-order chi connectivity index (χ0) is 22.1. The van der Waals surface area contributed by atoms with Crippen molar-refractivity contribution in [2.24, 2.45) is 11.7 Å². The first-order valence-electron chi connectivity index (χ1n) is 9.96. The highest BCUT2D eigenvalue weighted by atomic mass is 35.5. The number of hydrogen-bond acceptors (Lipinski definition) is 6. The first-order chi connectivity index (χ1) is 14.8. The average Bonchev–Trinajstić information content (AvgIpc) is 3.14. The fraction of sp³-hybridized carbons (Fsp3) is 0.500. The van der Waals surface area contributed by atoms with Crippen LogP contribution in [-0.4, -0.2) is 53.8 Å². The van der Waals surface area contributed by atoms with E-state index in [4.69, 9.17) is 15.6 Å². The van der Waals surface area contributed by atoms with E-state index in [0.717, 1.165) is 23.3 Å². The van der Waals surface area contributed by atoms with Crippen LogP contribution < -0.4 is 20.8 Å². The van der Waals surface area contributed by atoms with Crippen LogP contribution in [0, 0.1) is 17.6 Å². The number of carboxylic acid groups (broad SMARTS) is 1. The Kier molecular flexibility index (Phi) is 5.54. The van der Waals surface area contributed by atoms with E-state index in [0.29, 0.717) is 13.2 Å². The number of nitrogens with zero attached hydrogens (tertiary/aromatic N) is 2. The van der Waals surface area contributed by atoms with Crippen LogP contribution in [0.15, 0.2) is 17.1 Å². The summed E-state index contributed by atoms with van der Waals surface area (Å²) < 4.78 is 56.1. The van der Waals surface area contributed by atoms with Gasteiger partial charge in [-0.05, 0) is 12.5 Å². The lowest BCUT2D eigenvalue weighted by atomic mass is 9.91. The molecule has 0 radical (unpaired) electrons. The smallest absolute Gasteiger partial charge is 0.449 e. The highest BCUT2D eigenvalue weighted by Gasteiger charge is 2.51. The third-order valence-corrected chi connectivity index (χ3v) is 6.55. The molecule has 8 nitrogen and oxygen atoms in total. The van der Waals surface area contributed by atoms with Crippen molar-refractivity contribution in [1.29, 1.82) is 0 Å². The summed E-state index contributed by atoms with van der Waals surface area (Å²) in [7, 11) is 0. The number of halogens is 4. The monoisotopic (exact) mass is 475 g/mol. The van der Waals surface area contributed by atoms with Gasteiger partial charge in [0.1, 0.15) is 23.3 Å². The summed E-state index contributed by atoms with van der Waals surface area (Å²) in [5.74, 6) is -2.63. The van der Waals surface area contributed by atoms with E-state index in [1.165, 1.54) is 4.90 Å². The molecule has 3 heterocycles. The standard InChI is InChI=1S/C20H20F3N3O5.ClH/c21-11-4-13(11)26-6-14(31-19(28)29)18(27)10-3-12(22)17(15(23)16(10)26)25-5-9-1-2-30-20(9,7-24)8-25;/h3,6,9,11,13H,1-2,4-5,7-8,24H2,(H,28,29);1H/t9?,11-,13+,20?;/m0./s1. The lowest BCUT2D eigenvalue weighted by Crippen LogP contribution is -2.44. The summed E-state index contributed by atoms with van der Waals surface area (Å²) in [5.41, 5.74) is 3.59. The second kappa shape index (κ2) is 7.82. The summed E-state index contributed by atoms with van der Waals surface area (Å²) in [6.07, 6.45) is -1.31. The van der Waals surface area contributed by atoms with Gasteiger partial charge >= 0.3 is 6.16 Å². The molecule has 32 heavy (non-hydrogen) atoms. The number of benzene rings is 1. The van der Waals surface area contributed by atoms with E-state index in [2.05, 4.69) is 4.74 Å². The second-order valence-electron chi connectivity index (χ2n) is 8.32. The number of carbonyl (C=O) groups is 1. The van der Waals surface area contributed by atoms with Crippen LogP contribution in [0.1, 0.15) is 18.9 Å². The van der Waals surface area contributed by atoms with Crippen molar-refractivity contribution < 1.29 is 32.5 Å². The van der Waals surface area contributed by atoms with Gasteiger partial charge in [-0.2, -0.15) is 0 Å². The van der Waals surface area contributed by atoms with Crippen molar-refractivity contribution in [2.75, 3.05) is 31.1 Å². The fourth-order valence-corrected chi connectivity index (χ4v) is 4.90. The van der Waals surface area contributed by atoms with Gasteiger partial charge in [0, 0.05) is 38.6 Å². The molecule has 12 heteroatoms. The normalized spacial score (nSPS) is 28.5. The molecular formula is C20H21ClF3N3O5. The molecule has 3 fully saturated rings. The lowest BCUT2D eigenvalue weighted by Gasteiger charge is -2.27.